The Morgan fingerprint density at radius 2 is 2.30 bits per heavy atom. The molecule has 2 atom stereocenters. The first-order chi connectivity index (χ1) is 9.67. The van der Waals surface area contributed by atoms with Gasteiger partial charge < -0.3 is 11.1 Å². The quantitative estimate of drug-likeness (QED) is 0.785. The summed E-state index contributed by atoms with van der Waals surface area (Å²) < 4.78 is 1.58. The Morgan fingerprint density at radius 1 is 1.45 bits per heavy atom. The second-order valence-electron chi connectivity index (χ2n) is 5.90. The lowest BCUT2D eigenvalue weighted by atomic mass is 9.95. The van der Waals surface area contributed by atoms with Crippen LogP contribution in [0.2, 0.25) is 0 Å². The Morgan fingerprint density at radius 3 is 3.05 bits per heavy atom. The zero-order chi connectivity index (χ0) is 14.4. The van der Waals surface area contributed by atoms with Crippen molar-refractivity contribution < 1.29 is 4.79 Å². The van der Waals surface area contributed by atoms with Crippen LogP contribution >= 0.6 is 0 Å². The first-order valence-electron chi connectivity index (χ1n) is 7.74. The highest BCUT2D eigenvalue weighted by molar-refractivity contribution is 5.73. The van der Waals surface area contributed by atoms with Gasteiger partial charge in [-0.05, 0) is 25.2 Å². The second-order valence-corrected chi connectivity index (χ2v) is 5.90. The van der Waals surface area contributed by atoms with E-state index >= 15 is 0 Å². The van der Waals surface area contributed by atoms with Gasteiger partial charge in [-0.1, -0.05) is 32.6 Å². The van der Waals surface area contributed by atoms with Crippen LogP contribution in [0, 0.1) is 5.92 Å². The van der Waals surface area contributed by atoms with Crippen LogP contribution in [0.15, 0.2) is 12.4 Å². The molecule has 1 aliphatic rings. The molecule has 1 fully saturated rings. The lowest BCUT2D eigenvalue weighted by Crippen LogP contribution is -2.19. The monoisotopic (exact) mass is 278 g/mol. The lowest BCUT2D eigenvalue weighted by Gasteiger charge is -2.16. The standard InChI is InChI=1S/C15H26N4O/c1-2-4-12-5-3-6-13(8-7-12)18-14-9-17-19(10-14)11-15(16)20/h9-10,12-13,18H,2-8,11H2,1H3,(H2,16,20). The van der Waals surface area contributed by atoms with E-state index < -0.39 is 0 Å². The van der Waals surface area contributed by atoms with Gasteiger partial charge in [0.15, 0.2) is 0 Å². The fourth-order valence-corrected chi connectivity index (χ4v) is 3.14. The van der Waals surface area contributed by atoms with Gasteiger partial charge in [0.05, 0.1) is 11.9 Å². The summed E-state index contributed by atoms with van der Waals surface area (Å²) in [6.07, 6.45) is 12.7. The molecule has 1 aromatic rings. The van der Waals surface area contributed by atoms with Crippen molar-refractivity contribution in [3.63, 3.8) is 0 Å². The molecule has 5 heteroatoms. The molecule has 1 heterocycles. The van der Waals surface area contributed by atoms with Gasteiger partial charge in [-0.25, -0.2) is 0 Å². The topological polar surface area (TPSA) is 72.9 Å². The number of primary amides is 1. The molecule has 112 valence electrons. The third-order valence-electron chi connectivity index (χ3n) is 4.11. The molecule has 0 bridgehead atoms. The number of hydrogen-bond acceptors (Lipinski definition) is 3. The molecule has 0 saturated heterocycles. The van der Waals surface area contributed by atoms with E-state index in [1.807, 2.05) is 6.20 Å². The highest BCUT2D eigenvalue weighted by Gasteiger charge is 2.18. The molecule has 2 rings (SSSR count). The number of nitrogens with zero attached hydrogens (tertiary/aromatic N) is 2. The molecule has 1 aliphatic carbocycles. The van der Waals surface area contributed by atoms with E-state index in [1.54, 1.807) is 10.9 Å². The van der Waals surface area contributed by atoms with Gasteiger partial charge in [-0.3, -0.25) is 9.48 Å². The van der Waals surface area contributed by atoms with E-state index in [-0.39, 0.29) is 12.5 Å². The van der Waals surface area contributed by atoms with Crippen LogP contribution < -0.4 is 11.1 Å². The van der Waals surface area contributed by atoms with Crippen LogP contribution in [0.3, 0.4) is 0 Å². The van der Waals surface area contributed by atoms with Crippen molar-refractivity contribution >= 4 is 11.6 Å². The van der Waals surface area contributed by atoms with Gasteiger partial charge in [-0.15, -0.1) is 0 Å². The fourth-order valence-electron chi connectivity index (χ4n) is 3.14. The highest BCUT2D eigenvalue weighted by atomic mass is 16.1. The van der Waals surface area contributed by atoms with E-state index in [0.29, 0.717) is 6.04 Å². The van der Waals surface area contributed by atoms with E-state index in [0.717, 1.165) is 11.6 Å². The van der Waals surface area contributed by atoms with Gasteiger partial charge in [0, 0.05) is 12.2 Å². The van der Waals surface area contributed by atoms with Crippen molar-refractivity contribution in [3.05, 3.63) is 12.4 Å². The summed E-state index contributed by atoms with van der Waals surface area (Å²) in [6, 6.07) is 0.531. The van der Waals surface area contributed by atoms with E-state index in [1.165, 1.54) is 44.9 Å². The Balaban J connectivity index is 1.83. The number of nitrogens with one attached hydrogen (secondary N) is 1. The first-order valence-corrected chi connectivity index (χ1v) is 7.74. The van der Waals surface area contributed by atoms with Crippen molar-refractivity contribution in [2.75, 3.05) is 5.32 Å². The van der Waals surface area contributed by atoms with Crippen LogP contribution in [0.1, 0.15) is 51.9 Å². The highest BCUT2D eigenvalue weighted by Crippen LogP contribution is 2.28. The number of hydrogen-bond donors (Lipinski definition) is 2. The summed E-state index contributed by atoms with van der Waals surface area (Å²) in [5, 5.41) is 7.68. The summed E-state index contributed by atoms with van der Waals surface area (Å²) in [7, 11) is 0. The van der Waals surface area contributed by atoms with Gasteiger partial charge in [-0.2, -0.15) is 5.10 Å². The first kappa shape index (κ1) is 14.9. The minimum absolute atomic E-state index is 0.144. The molecule has 0 aromatic carbocycles. The van der Waals surface area contributed by atoms with Gasteiger partial charge in [0.2, 0.25) is 5.91 Å². The molecular weight excluding hydrogens is 252 g/mol. The smallest absolute Gasteiger partial charge is 0.239 e. The summed E-state index contributed by atoms with van der Waals surface area (Å²) >= 11 is 0. The number of nitrogens with two attached hydrogens (primary N) is 1. The predicted molar refractivity (Wildman–Crippen MR) is 80.3 cm³/mol. The maximum atomic E-state index is 10.9. The molecule has 1 amide bonds. The Hall–Kier alpha value is -1.52. The third kappa shape index (κ3) is 4.54. The molecule has 20 heavy (non-hydrogen) atoms. The van der Waals surface area contributed by atoms with Crippen LogP contribution in [0.4, 0.5) is 5.69 Å². The van der Waals surface area contributed by atoms with E-state index in [4.69, 9.17) is 5.73 Å². The maximum absolute atomic E-state index is 10.9. The van der Waals surface area contributed by atoms with Crippen LogP contribution in [0.5, 0.6) is 0 Å². The van der Waals surface area contributed by atoms with Gasteiger partial charge in [0.25, 0.3) is 0 Å². The van der Waals surface area contributed by atoms with Gasteiger partial charge in [0.1, 0.15) is 6.54 Å². The van der Waals surface area contributed by atoms with Crippen molar-refractivity contribution in [2.45, 2.75) is 64.5 Å². The minimum Gasteiger partial charge on any atom is -0.380 e. The number of aromatic nitrogens is 2. The van der Waals surface area contributed by atoms with Crippen LogP contribution in [0.25, 0.3) is 0 Å². The van der Waals surface area contributed by atoms with E-state index in [2.05, 4.69) is 17.3 Å². The maximum Gasteiger partial charge on any atom is 0.239 e. The summed E-state index contributed by atoms with van der Waals surface area (Å²) in [5.41, 5.74) is 6.15. The minimum atomic E-state index is -0.364. The molecule has 0 radical (unpaired) electrons. The van der Waals surface area contributed by atoms with Gasteiger partial charge >= 0.3 is 0 Å². The van der Waals surface area contributed by atoms with Crippen molar-refractivity contribution in [2.24, 2.45) is 11.7 Å². The average molecular weight is 278 g/mol. The van der Waals surface area contributed by atoms with Crippen LogP contribution in [-0.2, 0) is 11.3 Å². The number of carbonyl (C=O) groups is 1. The molecule has 1 aromatic heterocycles. The fraction of sp³-hybridized carbons (Fsp3) is 0.733. The predicted octanol–water partition coefficient (Wildman–Crippen LogP) is 2.53. The third-order valence-corrected chi connectivity index (χ3v) is 4.11. The lowest BCUT2D eigenvalue weighted by molar-refractivity contribution is -0.118. The number of rotatable bonds is 6. The zero-order valence-corrected chi connectivity index (χ0v) is 12.3. The molecule has 1 saturated carbocycles. The van der Waals surface area contributed by atoms with Crippen molar-refractivity contribution in [1.82, 2.24) is 9.78 Å². The average Bonchev–Trinajstić information content (AvgIpc) is 2.69. The Bertz CT molecular complexity index is 429. The molecular formula is C15H26N4O. The van der Waals surface area contributed by atoms with E-state index in [9.17, 15) is 4.79 Å². The Labute approximate surface area is 120 Å². The largest absolute Gasteiger partial charge is 0.380 e. The number of carbonyl (C=O) groups excluding carboxylic acids is 1. The molecule has 0 spiro atoms. The normalized spacial score (nSPS) is 23.2. The zero-order valence-electron chi connectivity index (χ0n) is 12.3. The number of amides is 1. The number of anilines is 1. The summed E-state index contributed by atoms with van der Waals surface area (Å²) in [4.78, 5) is 10.9. The molecule has 5 nitrogen and oxygen atoms in total. The Kier molecular flexibility index (Phi) is 5.44. The van der Waals surface area contributed by atoms with Crippen molar-refractivity contribution in [3.8, 4) is 0 Å². The van der Waals surface area contributed by atoms with Crippen molar-refractivity contribution in [1.29, 1.82) is 0 Å². The summed E-state index contributed by atoms with van der Waals surface area (Å²) in [6.45, 7) is 2.42. The SMILES string of the molecule is CCCC1CCCC(Nc2cnn(CC(N)=O)c2)CC1. The molecule has 0 aliphatic heterocycles. The second kappa shape index (κ2) is 7.31. The molecule has 2 unspecified atom stereocenters. The van der Waals surface area contributed by atoms with Crippen LogP contribution in [-0.4, -0.2) is 21.7 Å². The molecule has 3 N–H and O–H groups in total. The summed E-state index contributed by atoms with van der Waals surface area (Å²) in [5.74, 6) is 0.543.